The van der Waals surface area contributed by atoms with Gasteiger partial charge in [0, 0.05) is 27.6 Å². The number of non-ortho nitro benzene ring substituents is 1. The molecule has 5 heteroatoms. The van der Waals surface area contributed by atoms with Crippen molar-refractivity contribution in [3.05, 3.63) is 58.6 Å². The van der Waals surface area contributed by atoms with E-state index < -0.39 is 4.92 Å². The maximum absolute atomic E-state index is 10.6. The van der Waals surface area contributed by atoms with Crippen LogP contribution in [0.2, 0.25) is 0 Å². The molecule has 2 rings (SSSR count). The van der Waals surface area contributed by atoms with E-state index in [1.54, 1.807) is 12.1 Å². The van der Waals surface area contributed by atoms with Gasteiger partial charge in [-0.2, -0.15) is 0 Å². The second-order valence-corrected chi connectivity index (χ2v) is 4.51. The third-order valence-electron chi connectivity index (χ3n) is 2.18. The predicted octanol–water partition coefficient (Wildman–Crippen LogP) is 3.33. The molecule has 0 atom stereocenters. The van der Waals surface area contributed by atoms with Crippen molar-refractivity contribution in [1.29, 1.82) is 0 Å². The second-order valence-electron chi connectivity index (χ2n) is 3.39. The summed E-state index contributed by atoms with van der Waals surface area (Å²) in [5.74, 6) is 0. The fourth-order valence-corrected chi connectivity index (χ4v) is 2.27. The molecule has 0 amide bonds. The average Bonchev–Trinajstić information content (AvgIpc) is 2.32. The molecule has 2 aromatic rings. The Balaban J connectivity index is 2.28. The normalized spacial score (nSPS) is 10.1. The van der Waals surface area contributed by atoms with Gasteiger partial charge in [0.05, 0.1) is 4.92 Å². The number of anilines is 1. The van der Waals surface area contributed by atoms with E-state index in [1.807, 2.05) is 24.3 Å². The molecule has 0 aliphatic heterocycles. The zero-order valence-corrected chi connectivity index (χ0v) is 9.68. The molecule has 0 aliphatic rings. The fourth-order valence-electron chi connectivity index (χ4n) is 1.36. The molecule has 0 saturated carbocycles. The van der Waals surface area contributed by atoms with E-state index in [2.05, 4.69) is 0 Å². The molecule has 0 aromatic heterocycles. The van der Waals surface area contributed by atoms with E-state index in [0.717, 1.165) is 9.79 Å². The lowest BCUT2D eigenvalue weighted by Gasteiger charge is -2.04. The van der Waals surface area contributed by atoms with E-state index in [1.165, 1.54) is 23.9 Å². The smallest absolute Gasteiger partial charge is 0.270 e. The molecule has 0 aliphatic carbocycles. The molecule has 0 spiro atoms. The molecular formula is C12H10N2O2S. The van der Waals surface area contributed by atoms with Crippen molar-refractivity contribution in [3.63, 3.8) is 0 Å². The minimum absolute atomic E-state index is 0.0875. The molecule has 0 fully saturated rings. The standard InChI is InChI=1S/C12H10N2O2S/c13-11-6-1-2-7-12(11)17-10-5-3-4-9(8-10)14(15)16/h1-8H,13H2. The van der Waals surface area contributed by atoms with Crippen LogP contribution in [0.15, 0.2) is 58.3 Å². The second kappa shape index (κ2) is 4.88. The van der Waals surface area contributed by atoms with Crippen molar-refractivity contribution in [1.82, 2.24) is 0 Å². The molecule has 2 aromatic carbocycles. The Morgan fingerprint density at radius 1 is 1.12 bits per heavy atom. The highest BCUT2D eigenvalue weighted by molar-refractivity contribution is 7.99. The number of hydrogen-bond donors (Lipinski definition) is 1. The molecule has 0 heterocycles. The van der Waals surface area contributed by atoms with Crippen LogP contribution in [-0.2, 0) is 0 Å². The number of nitrogen functional groups attached to an aromatic ring is 1. The minimum Gasteiger partial charge on any atom is -0.398 e. The minimum atomic E-state index is -0.404. The van der Waals surface area contributed by atoms with E-state index >= 15 is 0 Å². The first kappa shape index (κ1) is 11.5. The van der Waals surface area contributed by atoms with Gasteiger partial charge in [0.2, 0.25) is 0 Å². The number of benzene rings is 2. The Morgan fingerprint density at radius 3 is 2.59 bits per heavy atom. The third kappa shape index (κ3) is 2.76. The lowest BCUT2D eigenvalue weighted by Crippen LogP contribution is -1.89. The maximum Gasteiger partial charge on any atom is 0.270 e. The van der Waals surface area contributed by atoms with Gasteiger partial charge >= 0.3 is 0 Å². The van der Waals surface area contributed by atoms with Crippen molar-refractivity contribution < 1.29 is 4.92 Å². The summed E-state index contributed by atoms with van der Waals surface area (Å²) in [7, 11) is 0. The highest BCUT2D eigenvalue weighted by Crippen LogP contribution is 2.33. The molecule has 17 heavy (non-hydrogen) atoms. The lowest BCUT2D eigenvalue weighted by atomic mass is 10.3. The first-order valence-corrected chi connectivity index (χ1v) is 5.75. The SMILES string of the molecule is Nc1ccccc1Sc1cccc([N+](=O)[O-])c1. The van der Waals surface area contributed by atoms with Crippen LogP contribution < -0.4 is 5.73 Å². The molecule has 2 N–H and O–H groups in total. The zero-order chi connectivity index (χ0) is 12.3. The summed E-state index contributed by atoms with van der Waals surface area (Å²) in [6, 6.07) is 13.9. The summed E-state index contributed by atoms with van der Waals surface area (Å²) < 4.78 is 0. The van der Waals surface area contributed by atoms with E-state index in [4.69, 9.17) is 5.73 Å². The van der Waals surface area contributed by atoms with Crippen molar-refractivity contribution >= 4 is 23.1 Å². The Hall–Kier alpha value is -2.01. The molecule has 0 radical (unpaired) electrons. The number of nitrogens with two attached hydrogens (primary N) is 1. The van der Waals surface area contributed by atoms with Crippen LogP contribution in [0.4, 0.5) is 11.4 Å². The van der Waals surface area contributed by atoms with Gasteiger partial charge in [0.1, 0.15) is 0 Å². The van der Waals surface area contributed by atoms with Crippen LogP contribution in [0.25, 0.3) is 0 Å². The van der Waals surface area contributed by atoms with Crippen LogP contribution in [0.1, 0.15) is 0 Å². The van der Waals surface area contributed by atoms with Crippen molar-refractivity contribution in [2.24, 2.45) is 0 Å². The predicted molar refractivity (Wildman–Crippen MR) is 68.1 cm³/mol. The van der Waals surface area contributed by atoms with Crippen LogP contribution in [-0.4, -0.2) is 4.92 Å². The van der Waals surface area contributed by atoms with Gasteiger partial charge in [-0.3, -0.25) is 10.1 Å². The molecule has 0 saturated heterocycles. The van der Waals surface area contributed by atoms with Gasteiger partial charge in [-0.05, 0) is 18.2 Å². The first-order valence-electron chi connectivity index (χ1n) is 4.93. The van der Waals surface area contributed by atoms with Crippen molar-refractivity contribution in [2.45, 2.75) is 9.79 Å². The number of nitro groups is 1. The number of rotatable bonds is 3. The number of hydrogen-bond acceptors (Lipinski definition) is 4. The summed E-state index contributed by atoms with van der Waals surface area (Å²) in [5, 5.41) is 10.6. The topological polar surface area (TPSA) is 69.2 Å². The summed E-state index contributed by atoms with van der Waals surface area (Å²) in [4.78, 5) is 11.9. The van der Waals surface area contributed by atoms with Crippen molar-refractivity contribution in [3.8, 4) is 0 Å². The van der Waals surface area contributed by atoms with Crippen LogP contribution in [0.5, 0.6) is 0 Å². The highest BCUT2D eigenvalue weighted by Gasteiger charge is 2.07. The average molecular weight is 246 g/mol. The van der Waals surface area contributed by atoms with Crippen molar-refractivity contribution in [2.75, 3.05) is 5.73 Å². The van der Waals surface area contributed by atoms with Gasteiger partial charge in [-0.1, -0.05) is 30.0 Å². The summed E-state index contributed by atoms with van der Waals surface area (Å²) in [6.07, 6.45) is 0. The molecule has 0 unspecified atom stereocenters. The van der Waals surface area contributed by atoms with Crippen LogP contribution >= 0.6 is 11.8 Å². The van der Waals surface area contributed by atoms with Gasteiger partial charge in [0.15, 0.2) is 0 Å². The quantitative estimate of drug-likeness (QED) is 0.512. The number of para-hydroxylation sites is 1. The number of nitro benzene ring substituents is 1. The Labute approximate surface area is 103 Å². The Kier molecular flexibility index (Phi) is 3.30. The van der Waals surface area contributed by atoms with Gasteiger partial charge < -0.3 is 5.73 Å². The number of nitrogens with zero attached hydrogens (tertiary/aromatic N) is 1. The van der Waals surface area contributed by atoms with Gasteiger partial charge in [-0.25, -0.2) is 0 Å². The largest absolute Gasteiger partial charge is 0.398 e. The van der Waals surface area contributed by atoms with Gasteiger partial charge in [-0.15, -0.1) is 0 Å². The molecule has 86 valence electrons. The lowest BCUT2D eigenvalue weighted by molar-refractivity contribution is -0.385. The van der Waals surface area contributed by atoms with Gasteiger partial charge in [0.25, 0.3) is 5.69 Å². The Bertz CT molecular complexity index is 558. The first-order chi connectivity index (χ1) is 8.16. The maximum atomic E-state index is 10.6. The van der Waals surface area contributed by atoms with E-state index in [9.17, 15) is 10.1 Å². The van der Waals surface area contributed by atoms with Crippen LogP contribution in [0.3, 0.4) is 0 Å². The highest BCUT2D eigenvalue weighted by atomic mass is 32.2. The fraction of sp³-hybridized carbons (Fsp3) is 0. The van der Waals surface area contributed by atoms with E-state index in [-0.39, 0.29) is 5.69 Å². The summed E-state index contributed by atoms with van der Waals surface area (Å²) >= 11 is 1.42. The molecule has 4 nitrogen and oxygen atoms in total. The molecular weight excluding hydrogens is 236 g/mol. The summed E-state index contributed by atoms with van der Waals surface area (Å²) in [5.41, 5.74) is 6.57. The zero-order valence-electron chi connectivity index (χ0n) is 8.87. The Morgan fingerprint density at radius 2 is 1.88 bits per heavy atom. The monoisotopic (exact) mass is 246 g/mol. The van der Waals surface area contributed by atoms with E-state index in [0.29, 0.717) is 5.69 Å². The van der Waals surface area contributed by atoms with Crippen LogP contribution in [0, 0.1) is 10.1 Å². The molecule has 0 bridgehead atoms. The summed E-state index contributed by atoms with van der Waals surface area (Å²) in [6.45, 7) is 0. The third-order valence-corrected chi connectivity index (χ3v) is 3.26.